The Morgan fingerprint density at radius 2 is 1.82 bits per heavy atom. The van der Waals surface area contributed by atoms with Crippen molar-refractivity contribution in [2.45, 2.75) is 70.1 Å². The lowest BCUT2D eigenvalue weighted by Gasteiger charge is -2.35. The van der Waals surface area contributed by atoms with E-state index in [0.29, 0.717) is 29.5 Å². The number of ether oxygens (including phenoxy) is 3. The number of aromatic nitrogens is 3. The first-order valence-corrected chi connectivity index (χ1v) is 14.9. The van der Waals surface area contributed by atoms with Gasteiger partial charge in [-0.2, -0.15) is 10.2 Å². The van der Waals surface area contributed by atoms with Gasteiger partial charge in [0, 0.05) is 43.0 Å². The Balaban J connectivity index is 1.09. The Labute approximate surface area is 256 Å². The van der Waals surface area contributed by atoms with Crippen molar-refractivity contribution in [3.63, 3.8) is 0 Å². The number of anilines is 3. The van der Waals surface area contributed by atoms with E-state index in [1.807, 2.05) is 12.1 Å². The molecule has 2 aromatic carbocycles. The molecule has 44 heavy (non-hydrogen) atoms. The Hall–Kier alpha value is -4.50. The smallest absolute Gasteiger partial charge is 0.410 e. The van der Waals surface area contributed by atoms with E-state index in [9.17, 15) is 10.1 Å². The van der Waals surface area contributed by atoms with Gasteiger partial charge in [-0.3, -0.25) is 0 Å². The summed E-state index contributed by atoms with van der Waals surface area (Å²) >= 11 is 0. The van der Waals surface area contributed by atoms with Crippen molar-refractivity contribution in [3.8, 4) is 23.2 Å². The lowest BCUT2D eigenvalue weighted by Crippen LogP contribution is -2.50. The summed E-state index contributed by atoms with van der Waals surface area (Å²) in [6, 6.07) is 15.2. The number of alkyl halides is 1. The van der Waals surface area contributed by atoms with Gasteiger partial charge in [-0.25, -0.2) is 19.2 Å². The lowest BCUT2D eigenvalue weighted by atomic mass is 10.1. The molecule has 4 atom stereocenters. The number of carbonyl (C=O) groups is 1. The molecule has 2 bridgehead atoms. The second-order valence-corrected chi connectivity index (χ2v) is 12.4. The third-order valence-corrected chi connectivity index (χ3v) is 7.87. The molecule has 0 aliphatic carbocycles. The standard InChI is InChI=1S/C32H36FN7O4/c1-32(2,3)44-31(41)39-13-12-28(26(33)18-39)43-27-11-4-20(14-21(27)15-34)29-35-19-36-30(38-29)37-22-5-7-23(8-6-22)40-16-24-9-10-25(17-40)42-24/h4-8,11,14,19,24-26,28H,9-10,12-13,16-18H2,1-3H3,(H,35,36,37,38)/t24?,25?,26-,28+/m1/s1. The maximum Gasteiger partial charge on any atom is 0.410 e. The van der Waals surface area contributed by atoms with E-state index < -0.39 is 24.0 Å². The van der Waals surface area contributed by atoms with Gasteiger partial charge in [0.1, 0.15) is 29.9 Å². The number of nitrogens with one attached hydrogen (secondary N) is 1. The minimum Gasteiger partial charge on any atom is -0.486 e. The van der Waals surface area contributed by atoms with Gasteiger partial charge >= 0.3 is 6.09 Å². The minimum absolute atomic E-state index is 0.142. The third-order valence-electron chi connectivity index (χ3n) is 7.87. The van der Waals surface area contributed by atoms with Crippen molar-refractivity contribution in [2.24, 2.45) is 0 Å². The molecule has 0 radical (unpaired) electrons. The molecular formula is C32H36FN7O4. The first-order valence-electron chi connectivity index (χ1n) is 14.9. The van der Waals surface area contributed by atoms with Crippen LogP contribution in [0, 0.1) is 11.3 Å². The fourth-order valence-corrected chi connectivity index (χ4v) is 5.74. The highest BCUT2D eigenvalue weighted by molar-refractivity contribution is 5.68. The summed E-state index contributed by atoms with van der Waals surface area (Å²) in [4.78, 5) is 29.1. The summed E-state index contributed by atoms with van der Waals surface area (Å²) < 4.78 is 32.3. The van der Waals surface area contributed by atoms with Crippen LogP contribution < -0.4 is 15.0 Å². The van der Waals surface area contributed by atoms with Crippen molar-refractivity contribution in [1.82, 2.24) is 19.9 Å². The van der Waals surface area contributed by atoms with Crippen LogP contribution in [0.4, 0.5) is 26.5 Å². The molecule has 12 heteroatoms. The molecular weight excluding hydrogens is 565 g/mol. The molecule has 1 amide bonds. The predicted molar refractivity (Wildman–Crippen MR) is 162 cm³/mol. The number of rotatable bonds is 6. The number of likely N-dealkylation sites (tertiary alicyclic amines) is 1. The second-order valence-electron chi connectivity index (χ2n) is 12.4. The largest absolute Gasteiger partial charge is 0.486 e. The monoisotopic (exact) mass is 601 g/mol. The normalized spacial score (nSPS) is 23.2. The Bertz CT molecular complexity index is 1530. The average Bonchev–Trinajstić information content (AvgIpc) is 3.34. The van der Waals surface area contributed by atoms with Crippen molar-refractivity contribution in [2.75, 3.05) is 36.4 Å². The molecule has 6 rings (SSSR count). The molecule has 1 N–H and O–H groups in total. The van der Waals surface area contributed by atoms with E-state index in [0.717, 1.165) is 37.3 Å². The maximum absolute atomic E-state index is 15.0. The van der Waals surface area contributed by atoms with Crippen LogP contribution in [0.25, 0.3) is 11.4 Å². The summed E-state index contributed by atoms with van der Waals surface area (Å²) in [7, 11) is 0. The van der Waals surface area contributed by atoms with Crippen LogP contribution in [0.1, 0.15) is 45.6 Å². The number of hydrogen-bond acceptors (Lipinski definition) is 10. The number of fused-ring (bicyclic) bond motifs is 2. The van der Waals surface area contributed by atoms with Gasteiger partial charge in [-0.15, -0.1) is 0 Å². The van der Waals surface area contributed by atoms with E-state index in [1.165, 1.54) is 11.2 Å². The molecule has 230 valence electrons. The summed E-state index contributed by atoms with van der Waals surface area (Å²) in [5.41, 5.74) is 2.15. The highest BCUT2D eigenvalue weighted by Gasteiger charge is 2.36. The molecule has 1 aromatic heterocycles. The molecule has 2 unspecified atom stereocenters. The number of morpholine rings is 1. The van der Waals surface area contributed by atoms with Crippen molar-refractivity contribution >= 4 is 23.4 Å². The van der Waals surface area contributed by atoms with Gasteiger partial charge in [-0.05, 0) is 76.1 Å². The van der Waals surface area contributed by atoms with E-state index >= 15 is 4.39 Å². The number of nitriles is 1. The highest BCUT2D eigenvalue weighted by atomic mass is 19.1. The van der Waals surface area contributed by atoms with E-state index in [-0.39, 0.29) is 30.8 Å². The van der Waals surface area contributed by atoms with E-state index in [2.05, 4.69) is 43.4 Å². The first-order chi connectivity index (χ1) is 21.1. The van der Waals surface area contributed by atoms with Crippen LogP contribution in [-0.4, -0.2) is 82.2 Å². The number of piperidine rings is 1. The summed E-state index contributed by atoms with van der Waals surface area (Å²) in [6.07, 6.45) is 1.79. The zero-order chi connectivity index (χ0) is 30.8. The Kier molecular flexibility index (Phi) is 8.23. The Morgan fingerprint density at radius 3 is 2.50 bits per heavy atom. The zero-order valence-corrected chi connectivity index (χ0v) is 25.1. The van der Waals surface area contributed by atoms with Crippen molar-refractivity contribution in [1.29, 1.82) is 5.26 Å². The van der Waals surface area contributed by atoms with Crippen LogP contribution >= 0.6 is 0 Å². The van der Waals surface area contributed by atoms with Crippen LogP contribution in [-0.2, 0) is 9.47 Å². The average molecular weight is 602 g/mol. The van der Waals surface area contributed by atoms with Crippen LogP contribution in [0.15, 0.2) is 48.8 Å². The molecule has 4 heterocycles. The van der Waals surface area contributed by atoms with Crippen LogP contribution in [0.3, 0.4) is 0 Å². The van der Waals surface area contributed by atoms with Crippen molar-refractivity contribution < 1.29 is 23.4 Å². The Morgan fingerprint density at radius 1 is 1.07 bits per heavy atom. The topological polar surface area (TPSA) is 126 Å². The third kappa shape index (κ3) is 6.83. The van der Waals surface area contributed by atoms with Crippen LogP contribution in [0.5, 0.6) is 5.75 Å². The van der Waals surface area contributed by atoms with Gasteiger partial charge in [0.2, 0.25) is 5.95 Å². The zero-order valence-electron chi connectivity index (χ0n) is 25.1. The number of halogens is 1. The number of benzene rings is 2. The predicted octanol–water partition coefficient (Wildman–Crippen LogP) is 5.25. The molecule has 3 aliphatic rings. The molecule has 0 saturated carbocycles. The lowest BCUT2D eigenvalue weighted by molar-refractivity contribution is -0.0106. The summed E-state index contributed by atoms with van der Waals surface area (Å²) in [6.45, 7) is 7.27. The highest BCUT2D eigenvalue weighted by Crippen LogP contribution is 2.31. The number of nitrogens with zero attached hydrogens (tertiary/aromatic N) is 6. The summed E-state index contributed by atoms with van der Waals surface area (Å²) in [5, 5.41) is 13.1. The fourth-order valence-electron chi connectivity index (χ4n) is 5.74. The fraction of sp³-hybridized carbons (Fsp3) is 0.469. The van der Waals surface area contributed by atoms with Crippen molar-refractivity contribution in [3.05, 3.63) is 54.4 Å². The molecule has 3 fully saturated rings. The molecule has 3 aromatic rings. The number of amides is 1. The molecule has 3 saturated heterocycles. The van der Waals surface area contributed by atoms with Gasteiger partial charge in [0.25, 0.3) is 0 Å². The maximum atomic E-state index is 15.0. The first kappa shape index (κ1) is 29.6. The second kappa shape index (κ2) is 12.2. The van der Waals surface area contributed by atoms with Gasteiger partial charge in [-0.1, -0.05) is 0 Å². The van der Waals surface area contributed by atoms with E-state index in [4.69, 9.17) is 14.2 Å². The summed E-state index contributed by atoms with van der Waals surface area (Å²) in [5.74, 6) is 0.999. The van der Waals surface area contributed by atoms with Gasteiger partial charge in [0.15, 0.2) is 12.0 Å². The minimum atomic E-state index is -1.43. The molecule has 3 aliphatic heterocycles. The van der Waals surface area contributed by atoms with Gasteiger partial charge in [0.05, 0.1) is 24.3 Å². The van der Waals surface area contributed by atoms with E-state index in [1.54, 1.807) is 39.0 Å². The quantitative estimate of drug-likeness (QED) is 0.401. The molecule has 11 nitrogen and oxygen atoms in total. The SMILES string of the molecule is CC(C)(C)OC(=O)N1CC[C@H](Oc2ccc(-c3ncnc(Nc4ccc(N5CC6CCC(C5)O6)cc4)n3)cc2C#N)[C@H](F)C1. The van der Waals surface area contributed by atoms with Gasteiger partial charge < -0.3 is 29.3 Å². The number of hydrogen-bond donors (Lipinski definition) is 1. The van der Waals surface area contributed by atoms with Crippen LogP contribution in [0.2, 0.25) is 0 Å². The number of carbonyl (C=O) groups excluding carboxylic acids is 1. The molecule has 0 spiro atoms.